The molecule has 3 rings (SSSR count). The van der Waals surface area contributed by atoms with E-state index in [1.807, 2.05) is 0 Å². The van der Waals surface area contributed by atoms with Crippen molar-refractivity contribution in [1.82, 2.24) is 14.7 Å². The van der Waals surface area contributed by atoms with Gasteiger partial charge in [0.05, 0.1) is 0 Å². The third kappa shape index (κ3) is 5.93. The molecule has 2 aliphatic heterocycles. The van der Waals surface area contributed by atoms with Crippen LogP contribution in [0, 0.1) is 5.92 Å². The smallest absolute Gasteiger partial charge is 0.248 e. The fourth-order valence-corrected chi connectivity index (χ4v) is 5.14. The van der Waals surface area contributed by atoms with Gasteiger partial charge in [0.25, 0.3) is 0 Å². The summed E-state index contributed by atoms with van der Waals surface area (Å²) >= 11 is 0. The molecule has 0 aromatic carbocycles. The standard InChI is InChI=1S/C21H39N3O2/c1-26-18-21(25)24(15-14-22-11-5-2-6-12-22)17-19-8-7-13-23(16-19)20-9-3-4-10-20/h19-20H,2-18H2,1H3. The molecule has 3 fully saturated rings. The van der Waals surface area contributed by atoms with Crippen molar-refractivity contribution in [2.45, 2.75) is 63.8 Å². The number of nitrogens with zero attached hydrogens (tertiary/aromatic N) is 3. The Morgan fingerprint density at radius 1 is 1.00 bits per heavy atom. The van der Waals surface area contributed by atoms with Crippen molar-refractivity contribution in [3.8, 4) is 0 Å². The van der Waals surface area contributed by atoms with Crippen LogP contribution in [0.2, 0.25) is 0 Å². The van der Waals surface area contributed by atoms with E-state index in [4.69, 9.17) is 4.74 Å². The summed E-state index contributed by atoms with van der Waals surface area (Å²) in [6.45, 7) is 7.87. The lowest BCUT2D eigenvalue weighted by molar-refractivity contribution is -0.136. The molecule has 2 saturated heterocycles. The van der Waals surface area contributed by atoms with Gasteiger partial charge in [-0.2, -0.15) is 0 Å². The third-order valence-electron chi connectivity index (χ3n) is 6.63. The maximum atomic E-state index is 12.6. The molecule has 0 aromatic heterocycles. The Kier molecular flexibility index (Phi) is 8.21. The molecule has 1 saturated carbocycles. The molecular formula is C21H39N3O2. The van der Waals surface area contributed by atoms with Gasteiger partial charge in [-0.05, 0) is 64.1 Å². The van der Waals surface area contributed by atoms with Gasteiger partial charge in [-0.25, -0.2) is 0 Å². The van der Waals surface area contributed by atoms with Crippen LogP contribution in [0.25, 0.3) is 0 Å². The van der Waals surface area contributed by atoms with Crippen LogP contribution in [-0.4, -0.2) is 86.2 Å². The topological polar surface area (TPSA) is 36.0 Å². The highest BCUT2D eigenvalue weighted by atomic mass is 16.5. The molecule has 0 aromatic rings. The molecule has 0 spiro atoms. The van der Waals surface area contributed by atoms with Crippen LogP contribution in [0.3, 0.4) is 0 Å². The molecule has 1 aliphatic carbocycles. The minimum absolute atomic E-state index is 0.169. The number of ether oxygens (including phenoxy) is 1. The van der Waals surface area contributed by atoms with Crippen molar-refractivity contribution >= 4 is 5.91 Å². The van der Waals surface area contributed by atoms with E-state index in [0.717, 1.165) is 25.7 Å². The molecule has 2 heterocycles. The van der Waals surface area contributed by atoms with Crippen molar-refractivity contribution in [2.24, 2.45) is 5.92 Å². The molecule has 5 heteroatoms. The average Bonchev–Trinajstić information content (AvgIpc) is 3.21. The highest BCUT2D eigenvalue weighted by Gasteiger charge is 2.29. The molecule has 150 valence electrons. The molecular weight excluding hydrogens is 326 g/mol. The second kappa shape index (κ2) is 10.6. The second-order valence-corrected chi connectivity index (χ2v) is 8.62. The fourth-order valence-electron chi connectivity index (χ4n) is 5.14. The zero-order valence-corrected chi connectivity index (χ0v) is 16.8. The number of methoxy groups -OCH3 is 1. The average molecular weight is 366 g/mol. The predicted molar refractivity (Wildman–Crippen MR) is 105 cm³/mol. The maximum absolute atomic E-state index is 12.6. The predicted octanol–water partition coefficient (Wildman–Crippen LogP) is 2.60. The minimum Gasteiger partial charge on any atom is -0.375 e. The van der Waals surface area contributed by atoms with Crippen LogP contribution >= 0.6 is 0 Å². The summed E-state index contributed by atoms with van der Waals surface area (Å²) in [6, 6.07) is 0.814. The first-order valence-electron chi connectivity index (χ1n) is 11.0. The summed E-state index contributed by atoms with van der Waals surface area (Å²) in [5.41, 5.74) is 0. The molecule has 26 heavy (non-hydrogen) atoms. The van der Waals surface area contributed by atoms with Crippen LogP contribution in [0.4, 0.5) is 0 Å². The fraction of sp³-hybridized carbons (Fsp3) is 0.952. The van der Waals surface area contributed by atoms with E-state index in [0.29, 0.717) is 5.92 Å². The molecule has 0 N–H and O–H groups in total. The molecule has 1 atom stereocenters. The van der Waals surface area contributed by atoms with Gasteiger partial charge in [-0.15, -0.1) is 0 Å². The Bertz CT molecular complexity index is 419. The molecule has 0 radical (unpaired) electrons. The zero-order chi connectivity index (χ0) is 18.2. The number of amides is 1. The highest BCUT2D eigenvalue weighted by molar-refractivity contribution is 5.77. The maximum Gasteiger partial charge on any atom is 0.248 e. The summed E-state index contributed by atoms with van der Waals surface area (Å²) in [6.07, 6.45) is 12.1. The van der Waals surface area contributed by atoms with Crippen molar-refractivity contribution in [1.29, 1.82) is 0 Å². The number of carbonyl (C=O) groups is 1. The number of rotatable bonds is 8. The third-order valence-corrected chi connectivity index (χ3v) is 6.63. The monoisotopic (exact) mass is 365 g/mol. The SMILES string of the molecule is COCC(=O)N(CCN1CCCCC1)CC1CCCN(C2CCCC2)C1. The number of likely N-dealkylation sites (tertiary alicyclic amines) is 2. The second-order valence-electron chi connectivity index (χ2n) is 8.62. The minimum atomic E-state index is 0.169. The Morgan fingerprint density at radius 2 is 1.77 bits per heavy atom. The number of hydrogen-bond acceptors (Lipinski definition) is 4. The molecule has 5 nitrogen and oxygen atoms in total. The van der Waals surface area contributed by atoms with Gasteiger partial charge >= 0.3 is 0 Å². The van der Waals surface area contributed by atoms with Crippen LogP contribution < -0.4 is 0 Å². The van der Waals surface area contributed by atoms with Crippen LogP contribution in [-0.2, 0) is 9.53 Å². The van der Waals surface area contributed by atoms with E-state index >= 15 is 0 Å². The Balaban J connectivity index is 1.50. The lowest BCUT2D eigenvalue weighted by atomic mass is 9.95. The first-order chi connectivity index (χ1) is 12.8. The Hall–Kier alpha value is -0.650. The quantitative estimate of drug-likeness (QED) is 0.662. The van der Waals surface area contributed by atoms with Gasteiger partial charge in [0, 0.05) is 39.3 Å². The van der Waals surface area contributed by atoms with E-state index in [2.05, 4.69) is 14.7 Å². The first kappa shape index (κ1) is 20.1. The van der Waals surface area contributed by atoms with Crippen molar-refractivity contribution in [3.63, 3.8) is 0 Å². The van der Waals surface area contributed by atoms with E-state index in [9.17, 15) is 4.79 Å². The molecule has 3 aliphatic rings. The summed E-state index contributed by atoms with van der Waals surface area (Å²) in [7, 11) is 1.63. The Labute approximate surface area is 160 Å². The first-order valence-corrected chi connectivity index (χ1v) is 11.0. The summed E-state index contributed by atoms with van der Waals surface area (Å²) in [5, 5.41) is 0. The van der Waals surface area contributed by atoms with Gasteiger partial charge in [-0.3, -0.25) is 4.79 Å². The normalized spacial score (nSPS) is 26.3. The Morgan fingerprint density at radius 3 is 2.50 bits per heavy atom. The van der Waals surface area contributed by atoms with E-state index in [1.165, 1.54) is 84.0 Å². The number of hydrogen-bond donors (Lipinski definition) is 0. The van der Waals surface area contributed by atoms with Crippen LogP contribution in [0.5, 0.6) is 0 Å². The van der Waals surface area contributed by atoms with Crippen LogP contribution in [0.1, 0.15) is 57.8 Å². The van der Waals surface area contributed by atoms with Crippen molar-refractivity contribution in [3.05, 3.63) is 0 Å². The summed E-state index contributed by atoms with van der Waals surface area (Å²) in [4.78, 5) is 20.0. The van der Waals surface area contributed by atoms with Gasteiger partial charge in [0.15, 0.2) is 0 Å². The van der Waals surface area contributed by atoms with Gasteiger partial charge < -0.3 is 19.4 Å². The van der Waals surface area contributed by atoms with Gasteiger partial charge in [0.2, 0.25) is 5.91 Å². The van der Waals surface area contributed by atoms with Crippen LogP contribution in [0.15, 0.2) is 0 Å². The van der Waals surface area contributed by atoms with E-state index in [1.54, 1.807) is 7.11 Å². The van der Waals surface area contributed by atoms with Gasteiger partial charge in [-0.1, -0.05) is 19.3 Å². The molecule has 0 bridgehead atoms. The van der Waals surface area contributed by atoms with E-state index in [-0.39, 0.29) is 12.5 Å². The lowest BCUT2D eigenvalue weighted by Crippen LogP contribution is -2.48. The van der Waals surface area contributed by atoms with Crippen molar-refractivity contribution < 1.29 is 9.53 Å². The van der Waals surface area contributed by atoms with Gasteiger partial charge in [0.1, 0.15) is 6.61 Å². The summed E-state index contributed by atoms with van der Waals surface area (Å²) < 4.78 is 5.15. The molecule has 1 unspecified atom stereocenters. The largest absolute Gasteiger partial charge is 0.375 e. The summed E-state index contributed by atoms with van der Waals surface area (Å²) in [5.74, 6) is 0.800. The molecule has 1 amide bonds. The number of piperidine rings is 2. The van der Waals surface area contributed by atoms with Crippen molar-refractivity contribution in [2.75, 3.05) is 59.5 Å². The zero-order valence-electron chi connectivity index (χ0n) is 16.8. The lowest BCUT2D eigenvalue weighted by Gasteiger charge is -2.39. The van der Waals surface area contributed by atoms with E-state index < -0.39 is 0 Å². The highest BCUT2D eigenvalue weighted by Crippen LogP contribution is 2.28. The number of carbonyl (C=O) groups excluding carboxylic acids is 1.